The van der Waals surface area contributed by atoms with Crippen molar-refractivity contribution in [3.8, 4) is 5.75 Å². The average Bonchev–Trinajstić information content (AvgIpc) is 2.35. The summed E-state index contributed by atoms with van der Waals surface area (Å²) in [5.74, 6) is 0.199. The Balaban J connectivity index is 2.71. The third-order valence-electron chi connectivity index (χ3n) is 2.71. The van der Waals surface area contributed by atoms with Crippen molar-refractivity contribution >= 4 is 5.91 Å². The number of nitrogens with two attached hydrogens (primary N) is 2. The summed E-state index contributed by atoms with van der Waals surface area (Å²) in [6, 6.07) is 7.50. The van der Waals surface area contributed by atoms with Gasteiger partial charge in [0, 0.05) is 6.04 Å². The highest BCUT2D eigenvalue weighted by molar-refractivity contribution is 5.79. The Morgan fingerprint density at radius 3 is 2.24 bits per heavy atom. The number of primary amides is 1. The van der Waals surface area contributed by atoms with Gasteiger partial charge in [-0.15, -0.1) is 0 Å². The summed E-state index contributed by atoms with van der Waals surface area (Å²) in [6.45, 7) is 3.89. The molecule has 0 aliphatic rings. The third-order valence-corrected chi connectivity index (χ3v) is 2.71. The Morgan fingerprint density at radius 2 is 1.82 bits per heavy atom. The minimum atomic E-state index is -0.569. The van der Waals surface area contributed by atoms with Gasteiger partial charge in [0.25, 0.3) is 5.91 Å². The lowest BCUT2D eigenvalue weighted by Crippen LogP contribution is -2.32. The zero-order chi connectivity index (χ0) is 12.8. The van der Waals surface area contributed by atoms with Crippen LogP contribution < -0.4 is 16.2 Å². The number of rotatable bonds is 6. The van der Waals surface area contributed by atoms with Gasteiger partial charge in [0.15, 0.2) is 6.10 Å². The molecule has 0 bridgehead atoms. The molecule has 0 radical (unpaired) electrons. The predicted molar refractivity (Wildman–Crippen MR) is 67.6 cm³/mol. The standard InChI is InChI=1S/C13H20N2O2/c1-3-11(14)9-5-7-10(8-6-9)17-12(4-2)13(15)16/h5-8,11-12H,3-4,14H2,1-2H3,(H2,15,16)/t11-,12?/m1/s1. The van der Waals surface area contributed by atoms with Gasteiger partial charge in [0.2, 0.25) is 0 Å². The summed E-state index contributed by atoms with van der Waals surface area (Å²) in [6.07, 6.45) is 0.880. The van der Waals surface area contributed by atoms with Crippen molar-refractivity contribution in [2.75, 3.05) is 0 Å². The molecule has 0 aromatic heterocycles. The average molecular weight is 236 g/mol. The smallest absolute Gasteiger partial charge is 0.258 e. The SMILES string of the molecule is CCC(Oc1ccc([C@H](N)CC)cc1)C(N)=O. The number of ether oxygens (including phenoxy) is 1. The largest absolute Gasteiger partial charge is 0.481 e. The molecule has 1 aromatic rings. The van der Waals surface area contributed by atoms with Gasteiger partial charge in [-0.3, -0.25) is 4.79 Å². The number of carbonyl (C=O) groups is 1. The monoisotopic (exact) mass is 236 g/mol. The molecule has 1 unspecified atom stereocenters. The fraction of sp³-hybridized carbons (Fsp3) is 0.462. The van der Waals surface area contributed by atoms with Crippen LogP contribution in [0.1, 0.15) is 38.3 Å². The molecule has 94 valence electrons. The van der Waals surface area contributed by atoms with Gasteiger partial charge in [-0.1, -0.05) is 26.0 Å². The first-order chi connectivity index (χ1) is 8.08. The van der Waals surface area contributed by atoms with Gasteiger partial charge < -0.3 is 16.2 Å². The quantitative estimate of drug-likeness (QED) is 0.789. The molecule has 1 rings (SSSR count). The molecule has 0 fully saturated rings. The summed E-state index contributed by atoms with van der Waals surface area (Å²) in [4.78, 5) is 11.0. The Hall–Kier alpha value is -1.55. The van der Waals surface area contributed by atoms with Crippen LogP contribution in [0.3, 0.4) is 0 Å². The van der Waals surface area contributed by atoms with Crippen LogP contribution in [0.5, 0.6) is 5.75 Å². The highest BCUT2D eigenvalue weighted by Crippen LogP contribution is 2.19. The van der Waals surface area contributed by atoms with Crippen LogP contribution in [0.15, 0.2) is 24.3 Å². The lowest BCUT2D eigenvalue weighted by molar-refractivity contribution is -0.124. The van der Waals surface area contributed by atoms with Crippen LogP contribution in [0.25, 0.3) is 0 Å². The molecule has 0 saturated heterocycles. The molecule has 4 heteroatoms. The number of benzene rings is 1. The van der Waals surface area contributed by atoms with E-state index in [2.05, 4.69) is 0 Å². The Labute approximate surface area is 102 Å². The highest BCUT2D eigenvalue weighted by atomic mass is 16.5. The molecular weight excluding hydrogens is 216 g/mol. The van der Waals surface area contributed by atoms with Crippen molar-refractivity contribution in [3.05, 3.63) is 29.8 Å². The summed E-state index contributed by atoms with van der Waals surface area (Å²) >= 11 is 0. The predicted octanol–water partition coefficient (Wildman–Crippen LogP) is 1.74. The number of carbonyl (C=O) groups excluding carboxylic acids is 1. The van der Waals surface area contributed by atoms with Crippen molar-refractivity contribution in [2.45, 2.75) is 38.8 Å². The zero-order valence-corrected chi connectivity index (χ0v) is 10.3. The maximum Gasteiger partial charge on any atom is 0.258 e. The van der Waals surface area contributed by atoms with E-state index >= 15 is 0 Å². The van der Waals surface area contributed by atoms with Crippen LogP contribution in [-0.2, 0) is 4.79 Å². The molecular formula is C13H20N2O2. The molecule has 0 aliphatic heterocycles. The molecule has 0 saturated carbocycles. The van der Waals surface area contributed by atoms with Crippen LogP contribution in [0.4, 0.5) is 0 Å². The highest BCUT2D eigenvalue weighted by Gasteiger charge is 2.14. The lowest BCUT2D eigenvalue weighted by atomic mass is 10.1. The first-order valence-electron chi connectivity index (χ1n) is 5.90. The third kappa shape index (κ3) is 3.75. The van der Waals surface area contributed by atoms with E-state index in [0.717, 1.165) is 12.0 Å². The molecule has 4 nitrogen and oxygen atoms in total. The Bertz CT molecular complexity index is 362. The maximum atomic E-state index is 11.0. The second kappa shape index (κ2) is 6.25. The molecule has 0 aliphatic carbocycles. The molecule has 0 heterocycles. The van der Waals surface area contributed by atoms with E-state index in [1.54, 1.807) is 0 Å². The van der Waals surface area contributed by atoms with Gasteiger partial charge in [0.05, 0.1) is 0 Å². The van der Waals surface area contributed by atoms with Crippen molar-refractivity contribution in [1.29, 1.82) is 0 Å². The number of hydrogen-bond acceptors (Lipinski definition) is 3. The van der Waals surface area contributed by atoms with Gasteiger partial charge in [-0.05, 0) is 30.5 Å². The first kappa shape index (κ1) is 13.5. The Morgan fingerprint density at radius 1 is 1.24 bits per heavy atom. The van der Waals surface area contributed by atoms with Crippen LogP contribution in [0.2, 0.25) is 0 Å². The molecule has 4 N–H and O–H groups in total. The topological polar surface area (TPSA) is 78.3 Å². The molecule has 17 heavy (non-hydrogen) atoms. The zero-order valence-electron chi connectivity index (χ0n) is 10.3. The van der Waals surface area contributed by atoms with Crippen molar-refractivity contribution in [2.24, 2.45) is 11.5 Å². The van der Waals surface area contributed by atoms with Crippen LogP contribution in [-0.4, -0.2) is 12.0 Å². The van der Waals surface area contributed by atoms with E-state index in [4.69, 9.17) is 16.2 Å². The fourth-order valence-corrected chi connectivity index (χ4v) is 1.54. The summed E-state index contributed by atoms with van der Waals surface area (Å²) in [5.41, 5.74) is 12.2. The summed E-state index contributed by atoms with van der Waals surface area (Å²) in [7, 11) is 0. The molecule has 0 spiro atoms. The second-order valence-corrected chi connectivity index (χ2v) is 4.00. The summed E-state index contributed by atoms with van der Waals surface area (Å²) < 4.78 is 5.48. The second-order valence-electron chi connectivity index (χ2n) is 4.00. The van der Waals surface area contributed by atoms with E-state index in [1.165, 1.54) is 0 Å². The lowest BCUT2D eigenvalue weighted by Gasteiger charge is -2.15. The fourth-order valence-electron chi connectivity index (χ4n) is 1.54. The number of amides is 1. The van der Waals surface area contributed by atoms with Gasteiger partial charge in [-0.2, -0.15) is 0 Å². The van der Waals surface area contributed by atoms with Crippen LogP contribution >= 0.6 is 0 Å². The maximum absolute atomic E-state index is 11.0. The van der Waals surface area contributed by atoms with Crippen LogP contribution in [0, 0.1) is 0 Å². The molecule has 1 amide bonds. The van der Waals surface area contributed by atoms with Gasteiger partial charge in [0.1, 0.15) is 5.75 Å². The van der Waals surface area contributed by atoms with E-state index in [1.807, 2.05) is 38.1 Å². The van der Waals surface area contributed by atoms with E-state index in [-0.39, 0.29) is 6.04 Å². The summed E-state index contributed by atoms with van der Waals surface area (Å²) in [5, 5.41) is 0. The first-order valence-corrected chi connectivity index (χ1v) is 5.90. The minimum absolute atomic E-state index is 0.0437. The minimum Gasteiger partial charge on any atom is -0.481 e. The van der Waals surface area contributed by atoms with E-state index in [0.29, 0.717) is 12.2 Å². The van der Waals surface area contributed by atoms with Crippen molar-refractivity contribution in [3.63, 3.8) is 0 Å². The molecule has 1 aromatic carbocycles. The number of hydrogen-bond donors (Lipinski definition) is 2. The van der Waals surface area contributed by atoms with Crippen molar-refractivity contribution in [1.82, 2.24) is 0 Å². The molecule has 2 atom stereocenters. The van der Waals surface area contributed by atoms with Gasteiger partial charge in [-0.25, -0.2) is 0 Å². The van der Waals surface area contributed by atoms with E-state index < -0.39 is 12.0 Å². The van der Waals surface area contributed by atoms with Crippen molar-refractivity contribution < 1.29 is 9.53 Å². The van der Waals surface area contributed by atoms with Gasteiger partial charge >= 0.3 is 0 Å². The normalized spacial score (nSPS) is 14.1. The Kier molecular flexibility index (Phi) is 4.97. The van der Waals surface area contributed by atoms with E-state index in [9.17, 15) is 4.79 Å².